The minimum Gasteiger partial charge on any atom is -0.272 e. The molecule has 0 saturated carbocycles. The van der Waals surface area contributed by atoms with Crippen LogP contribution >= 0.6 is 11.6 Å². The van der Waals surface area contributed by atoms with Gasteiger partial charge in [0.05, 0.1) is 0 Å². The summed E-state index contributed by atoms with van der Waals surface area (Å²) < 4.78 is 0.798. The van der Waals surface area contributed by atoms with E-state index in [0.29, 0.717) is 5.56 Å². The van der Waals surface area contributed by atoms with E-state index < -0.39 is 16.6 Å². The molecule has 0 bridgehead atoms. The van der Waals surface area contributed by atoms with Crippen molar-refractivity contribution < 1.29 is 4.79 Å². The lowest BCUT2D eigenvalue weighted by Crippen LogP contribution is -2.36. The molecule has 70 valence electrons. The number of aromatic nitrogens is 2. The zero-order valence-electron chi connectivity index (χ0n) is 6.63. The molecule has 13 heavy (non-hydrogen) atoms. The van der Waals surface area contributed by atoms with E-state index >= 15 is 0 Å². The Morgan fingerprint density at radius 2 is 2.23 bits per heavy atom. The lowest BCUT2D eigenvalue weighted by Gasteiger charge is -2.03. The normalized spacial score (nSPS) is 9.69. The van der Waals surface area contributed by atoms with Crippen molar-refractivity contribution in [2.45, 2.75) is 6.92 Å². The topological polar surface area (TPSA) is 84.0 Å². The van der Waals surface area contributed by atoms with Crippen molar-refractivity contribution in [3.63, 3.8) is 0 Å². The number of halogens is 1. The van der Waals surface area contributed by atoms with Gasteiger partial charge in [0.15, 0.2) is 0 Å². The number of hydrogen-bond acceptors (Lipinski definition) is 3. The number of carbonyl (C=O) groups is 1. The number of rotatable bonds is 1. The molecule has 0 aromatic carbocycles. The standard InChI is InChI=1S/C6H6ClN3O3/c1-3-2-10(9-5(7)12)6(13)8-4(3)11/h2H,1H3,(H,9,12)(H,8,11,13). The van der Waals surface area contributed by atoms with E-state index in [4.69, 9.17) is 11.6 Å². The van der Waals surface area contributed by atoms with E-state index in [1.165, 1.54) is 13.1 Å². The Morgan fingerprint density at radius 1 is 1.62 bits per heavy atom. The van der Waals surface area contributed by atoms with Crippen molar-refractivity contribution in [1.82, 2.24) is 9.66 Å². The fourth-order valence-electron chi connectivity index (χ4n) is 0.745. The van der Waals surface area contributed by atoms with Gasteiger partial charge in [-0.1, -0.05) is 0 Å². The summed E-state index contributed by atoms with van der Waals surface area (Å²) in [5, 5.41) is -0.909. The maximum atomic E-state index is 11.0. The number of carbonyl (C=O) groups excluding carboxylic acids is 1. The number of aryl methyl sites for hydroxylation is 1. The zero-order valence-corrected chi connectivity index (χ0v) is 7.38. The van der Waals surface area contributed by atoms with Crippen LogP contribution in [-0.4, -0.2) is 15.0 Å². The molecule has 1 rings (SSSR count). The molecule has 6 nitrogen and oxygen atoms in total. The SMILES string of the molecule is Cc1cn(NC(=O)Cl)c(=O)[nH]c1=O. The van der Waals surface area contributed by atoms with Gasteiger partial charge < -0.3 is 0 Å². The maximum absolute atomic E-state index is 11.0. The smallest absolute Gasteiger partial charge is 0.272 e. The van der Waals surface area contributed by atoms with Crippen LogP contribution in [0.15, 0.2) is 15.8 Å². The number of H-pyrrole nitrogens is 1. The van der Waals surface area contributed by atoms with Crippen LogP contribution in [0.25, 0.3) is 0 Å². The third-order valence-corrected chi connectivity index (χ3v) is 1.41. The monoisotopic (exact) mass is 203 g/mol. The molecule has 7 heteroatoms. The highest BCUT2D eigenvalue weighted by atomic mass is 35.5. The van der Waals surface area contributed by atoms with Gasteiger partial charge in [0.25, 0.3) is 5.56 Å². The Labute approximate surface area is 77.1 Å². The first-order valence-corrected chi connectivity index (χ1v) is 3.67. The van der Waals surface area contributed by atoms with Crippen LogP contribution in [0.1, 0.15) is 5.56 Å². The predicted octanol–water partition coefficient (Wildman–Crippen LogP) is -0.253. The first-order chi connectivity index (χ1) is 6.00. The maximum Gasteiger partial charge on any atom is 0.347 e. The van der Waals surface area contributed by atoms with E-state index in [9.17, 15) is 14.4 Å². The molecule has 1 aromatic rings. The summed E-state index contributed by atoms with van der Waals surface area (Å²) in [4.78, 5) is 34.2. The summed E-state index contributed by atoms with van der Waals surface area (Å²) >= 11 is 4.97. The lowest BCUT2D eigenvalue weighted by atomic mass is 10.4. The quantitative estimate of drug-likeness (QED) is 0.488. The average Bonchev–Trinajstić information content (AvgIpc) is 1.99. The van der Waals surface area contributed by atoms with Gasteiger partial charge in [-0.05, 0) is 18.5 Å². The molecular formula is C6H6ClN3O3. The molecule has 1 aromatic heterocycles. The zero-order chi connectivity index (χ0) is 10.0. The Kier molecular flexibility index (Phi) is 2.52. The number of nitrogens with zero attached hydrogens (tertiary/aromatic N) is 1. The molecule has 0 radical (unpaired) electrons. The van der Waals surface area contributed by atoms with Gasteiger partial charge in [0.1, 0.15) is 0 Å². The largest absolute Gasteiger partial charge is 0.347 e. The number of nitrogens with one attached hydrogen (secondary N) is 2. The molecular weight excluding hydrogens is 198 g/mol. The first kappa shape index (κ1) is 9.53. The summed E-state index contributed by atoms with van der Waals surface area (Å²) in [7, 11) is 0. The van der Waals surface area contributed by atoms with E-state index in [-0.39, 0.29) is 0 Å². The fourth-order valence-corrected chi connectivity index (χ4v) is 0.836. The summed E-state index contributed by atoms with van der Waals surface area (Å²) in [6.45, 7) is 1.50. The second-order valence-electron chi connectivity index (χ2n) is 2.33. The van der Waals surface area contributed by atoms with E-state index in [0.717, 1.165) is 4.68 Å². The van der Waals surface area contributed by atoms with Crippen LogP contribution < -0.4 is 16.7 Å². The second kappa shape index (κ2) is 3.44. The predicted molar refractivity (Wildman–Crippen MR) is 46.7 cm³/mol. The average molecular weight is 204 g/mol. The van der Waals surface area contributed by atoms with Crippen LogP contribution in [0.2, 0.25) is 0 Å². The fraction of sp³-hybridized carbons (Fsp3) is 0.167. The summed E-state index contributed by atoms with van der Waals surface area (Å²) in [6, 6.07) is 0. The molecule has 2 N–H and O–H groups in total. The van der Waals surface area contributed by atoms with Gasteiger partial charge >= 0.3 is 11.1 Å². The van der Waals surface area contributed by atoms with Gasteiger partial charge in [-0.2, -0.15) is 0 Å². The van der Waals surface area contributed by atoms with Gasteiger partial charge in [-0.25, -0.2) is 14.9 Å². The van der Waals surface area contributed by atoms with Crippen LogP contribution in [0, 0.1) is 6.92 Å². The van der Waals surface area contributed by atoms with E-state index in [1.807, 2.05) is 10.4 Å². The minimum atomic E-state index is -0.909. The second-order valence-corrected chi connectivity index (χ2v) is 2.67. The Hall–Kier alpha value is -1.56. The lowest BCUT2D eigenvalue weighted by molar-refractivity contribution is 0.266. The van der Waals surface area contributed by atoms with Crippen LogP contribution in [0.5, 0.6) is 0 Å². The minimum absolute atomic E-state index is 0.296. The number of aromatic amines is 1. The summed E-state index contributed by atoms with van der Waals surface area (Å²) in [5.41, 5.74) is 1.06. The Morgan fingerprint density at radius 3 is 2.77 bits per heavy atom. The first-order valence-electron chi connectivity index (χ1n) is 3.30. The summed E-state index contributed by atoms with van der Waals surface area (Å²) in [6.07, 6.45) is 1.18. The van der Waals surface area contributed by atoms with Crippen LogP contribution in [0.4, 0.5) is 4.79 Å². The van der Waals surface area contributed by atoms with Gasteiger partial charge in [-0.3, -0.25) is 14.6 Å². The van der Waals surface area contributed by atoms with Crippen molar-refractivity contribution in [3.8, 4) is 0 Å². The number of amides is 1. The molecule has 0 fully saturated rings. The molecule has 0 saturated heterocycles. The van der Waals surface area contributed by atoms with Crippen molar-refractivity contribution in [3.05, 3.63) is 32.6 Å². The third-order valence-electron chi connectivity index (χ3n) is 1.33. The highest BCUT2D eigenvalue weighted by Gasteiger charge is 2.01. The van der Waals surface area contributed by atoms with Gasteiger partial charge in [-0.15, -0.1) is 0 Å². The van der Waals surface area contributed by atoms with Crippen LogP contribution in [-0.2, 0) is 0 Å². The molecule has 1 heterocycles. The molecule has 0 aliphatic rings. The molecule has 1 amide bonds. The highest BCUT2D eigenvalue weighted by Crippen LogP contribution is 1.83. The molecule has 0 aliphatic heterocycles. The van der Waals surface area contributed by atoms with Crippen molar-refractivity contribution in [1.29, 1.82) is 0 Å². The Balaban J connectivity index is 3.24. The van der Waals surface area contributed by atoms with E-state index in [1.54, 1.807) is 0 Å². The summed E-state index contributed by atoms with van der Waals surface area (Å²) in [5.74, 6) is 0. The van der Waals surface area contributed by atoms with Crippen molar-refractivity contribution >= 4 is 17.0 Å². The van der Waals surface area contributed by atoms with Crippen molar-refractivity contribution in [2.24, 2.45) is 0 Å². The molecule has 0 unspecified atom stereocenters. The molecule has 0 aliphatic carbocycles. The van der Waals surface area contributed by atoms with Crippen LogP contribution in [0.3, 0.4) is 0 Å². The molecule has 0 atom stereocenters. The highest BCUT2D eigenvalue weighted by molar-refractivity contribution is 6.65. The molecule has 0 spiro atoms. The van der Waals surface area contributed by atoms with Crippen molar-refractivity contribution in [2.75, 3.05) is 5.43 Å². The Bertz CT molecular complexity index is 447. The van der Waals surface area contributed by atoms with Gasteiger partial charge in [0.2, 0.25) is 0 Å². The van der Waals surface area contributed by atoms with Gasteiger partial charge in [0, 0.05) is 11.8 Å². The number of hydrogen-bond donors (Lipinski definition) is 2. The third kappa shape index (κ3) is 2.19. The van der Waals surface area contributed by atoms with E-state index in [2.05, 4.69) is 0 Å².